The van der Waals surface area contributed by atoms with Gasteiger partial charge >= 0.3 is 0 Å². The predicted molar refractivity (Wildman–Crippen MR) is 64.4 cm³/mol. The first-order valence-electron chi connectivity index (χ1n) is 5.35. The summed E-state index contributed by atoms with van der Waals surface area (Å²) in [6.07, 6.45) is -0.461. The van der Waals surface area contributed by atoms with E-state index >= 15 is 0 Å². The Hall–Kier alpha value is -1.80. The molecular weight excluding hydrogens is 200 g/mol. The molecular formula is C14H12O2. The van der Waals surface area contributed by atoms with Crippen LogP contribution in [0.4, 0.5) is 0 Å². The zero-order valence-corrected chi connectivity index (χ0v) is 8.97. The summed E-state index contributed by atoms with van der Waals surface area (Å²) >= 11 is 0. The van der Waals surface area contributed by atoms with E-state index in [1.807, 2.05) is 42.5 Å². The Morgan fingerprint density at radius 3 is 2.56 bits per heavy atom. The molecule has 2 aromatic carbocycles. The van der Waals surface area contributed by atoms with Gasteiger partial charge in [-0.1, -0.05) is 30.3 Å². The number of para-hydroxylation sites is 1. The predicted octanol–water partition coefficient (Wildman–Crippen LogP) is 3.64. The quantitative estimate of drug-likeness (QED) is 0.668. The Labute approximate surface area is 93.1 Å². The summed E-state index contributed by atoms with van der Waals surface area (Å²) in [5, 5.41) is 11.7. The second kappa shape index (κ2) is 3.35. The Balaban J connectivity index is 2.37. The standard InChI is InChI=1S/C14H12O2/c1-9(15)10-6-7-12-11-4-2-3-5-13(11)16-14(12)8-10/h2-9,15H,1H3. The molecule has 0 aliphatic rings. The van der Waals surface area contributed by atoms with Crippen LogP contribution in [0.5, 0.6) is 0 Å². The molecule has 0 aliphatic carbocycles. The minimum Gasteiger partial charge on any atom is -0.456 e. The molecule has 3 rings (SSSR count). The average molecular weight is 212 g/mol. The Morgan fingerprint density at radius 2 is 1.75 bits per heavy atom. The van der Waals surface area contributed by atoms with Gasteiger partial charge in [0.25, 0.3) is 0 Å². The van der Waals surface area contributed by atoms with E-state index in [-0.39, 0.29) is 0 Å². The number of hydrogen-bond donors (Lipinski definition) is 1. The van der Waals surface area contributed by atoms with E-state index in [4.69, 9.17) is 4.42 Å². The van der Waals surface area contributed by atoms with Crippen LogP contribution < -0.4 is 0 Å². The molecule has 2 nitrogen and oxygen atoms in total. The molecule has 0 bridgehead atoms. The number of hydrogen-bond acceptors (Lipinski definition) is 2. The fraction of sp³-hybridized carbons (Fsp3) is 0.143. The van der Waals surface area contributed by atoms with Crippen LogP contribution >= 0.6 is 0 Å². The van der Waals surface area contributed by atoms with Gasteiger partial charge in [-0.15, -0.1) is 0 Å². The van der Waals surface area contributed by atoms with Crippen LogP contribution in [0.1, 0.15) is 18.6 Å². The van der Waals surface area contributed by atoms with Crippen LogP contribution in [0, 0.1) is 0 Å². The van der Waals surface area contributed by atoms with E-state index in [1.165, 1.54) is 0 Å². The number of fused-ring (bicyclic) bond motifs is 3. The monoisotopic (exact) mass is 212 g/mol. The maximum Gasteiger partial charge on any atom is 0.135 e. The van der Waals surface area contributed by atoms with Crippen molar-refractivity contribution in [1.29, 1.82) is 0 Å². The number of benzene rings is 2. The molecule has 1 heterocycles. The van der Waals surface area contributed by atoms with Gasteiger partial charge in [0, 0.05) is 10.8 Å². The van der Waals surface area contributed by atoms with Crippen LogP contribution in [0.3, 0.4) is 0 Å². The Bertz CT molecular complexity index is 650. The van der Waals surface area contributed by atoms with E-state index in [1.54, 1.807) is 6.92 Å². The Morgan fingerprint density at radius 1 is 1.00 bits per heavy atom. The van der Waals surface area contributed by atoms with Crippen molar-refractivity contribution in [3.63, 3.8) is 0 Å². The highest BCUT2D eigenvalue weighted by atomic mass is 16.3. The lowest BCUT2D eigenvalue weighted by atomic mass is 10.1. The third kappa shape index (κ3) is 1.31. The minimum atomic E-state index is -0.461. The third-order valence-electron chi connectivity index (χ3n) is 2.89. The summed E-state index contributed by atoms with van der Waals surface area (Å²) in [6.45, 7) is 1.75. The van der Waals surface area contributed by atoms with Gasteiger partial charge in [-0.25, -0.2) is 0 Å². The molecule has 1 aromatic heterocycles. The van der Waals surface area contributed by atoms with E-state index < -0.39 is 6.10 Å². The van der Waals surface area contributed by atoms with Crippen molar-refractivity contribution >= 4 is 21.9 Å². The molecule has 3 aromatic rings. The zero-order chi connectivity index (χ0) is 11.1. The summed E-state index contributed by atoms with van der Waals surface area (Å²) in [5.74, 6) is 0. The summed E-state index contributed by atoms with van der Waals surface area (Å²) in [7, 11) is 0. The van der Waals surface area contributed by atoms with Gasteiger partial charge < -0.3 is 9.52 Å². The van der Waals surface area contributed by atoms with Gasteiger partial charge in [0.1, 0.15) is 11.2 Å². The second-order valence-corrected chi connectivity index (χ2v) is 4.03. The third-order valence-corrected chi connectivity index (χ3v) is 2.89. The van der Waals surface area contributed by atoms with Crippen LogP contribution in [0.25, 0.3) is 21.9 Å². The lowest BCUT2D eigenvalue weighted by molar-refractivity contribution is 0.199. The van der Waals surface area contributed by atoms with E-state index in [0.717, 1.165) is 27.5 Å². The first-order valence-corrected chi connectivity index (χ1v) is 5.35. The number of furan rings is 1. The highest BCUT2D eigenvalue weighted by Gasteiger charge is 2.08. The van der Waals surface area contributed by atoms with Gasteiger partial charge in [0.05, 0.1) is 6.10 Å². The van der Waals surface area contributed by atoms with Crippen molar-refractivity contribution < 1.29 is 9.52 Å². The highest BCUT2D eigenvalue weighted by molar-refractivity contribution is 6.04. The van der Waals surface area contributed by atoms with Gasteiger partial charge in [0.2, 0.25) is 0 Å². The SMILES string of the molecule is CC(O)c1ccc2c(c1)oc1ccccc12. The molecule has 0 saturated heterocycles. The van der Waals surface area contributed by atoms with Crippen LogP contribution in [-0.4, -0.2) is 5.11 Å². The summed E-state index contributed by atoms with van der Waals surface area (Å²) in [5.41, 5.74) is 2.60. The fourth-order valence-corrected chi connectivity index (χ4v) is 2.00. The number of aliphatic hydroxyl groups excluding tert-OH is 1. The molecule has 80 valence electrons. The second-order valence-electron chi connectivity index (χ2n) is 4.03. The van der Waals surface area contributed by atoms with Crippen LogP contribution in [-0.2, 0) is 0 Å². The van der Waals surface area contributed by atoms with Crippen LogP contribution in [0.2, 0.25) is 0 Å². The van der Waals surface area contributed by atoms with Crippen molar-refractivity contribution in [1.82, 2.24) is 0 Å². The minimum absolute atomic E-state index is 0.461. The molecule has 0 fully saturated rings. The van der Waals surface area contributed by atoms with Crippen molar-refractivity contribution in [2.75, 3.05) is 0 Å². The number of aliphatic hydroxyl groups is 1. The molecule has 1 atom stereocenters. The van der Waals surface area contributed by atoms with Gasteiger partial charge in [-0.05, 0) is 24.6 Å². The molecule has 1 N–H and O–H groups in total. The summed E-state index contributed by atoms with van der Waals surface area (Å²) in [6, 6.07) is 13.8. The molecule has 2 heteroatoms. The van der Waals surface area contributed by atoms with Gasteiger partial charge in [-0.3, -0.25) is 0 Å². The zero-order valence-electron chi connectivity index (χ0n) is 8.97. The maximum atomic E-state index is 9.52. The Kier molecular flexibility index (Phi) is 1.98. The van der Waals surface area contributed by atoms with E-state index in [9.17, 15) is 5.11 Å². The molecule has 0 radical (unpaired) electrons. The fourth-order valence-electron chi connectivity index (χ4n) is 2.00. The first kappa shape index (κ1) is 9.43. The normalized spacial score (nSPS) is 13.4. The molecule has 0 amide bonds. The van der Waals surface area contributed by atoms with Crippen molar-refractivity contribution in [2.24, 2.45) is 0 Å². The summed E-state index contributed by atoms with van der Waals surface area (Å²) in [4.78, 5) is 0. The molecule has 1 unspecified atom stereocenters. The average Bonchev–Trinajstić information content (AvgIpc) is 2.66. The van der Waals surface area contributed by atoms with Crippen molar-refractivity contribution in [3.05, 3.63) is 48.0 Å². The first-order chi connectivity index (χ1) is 7.75. The topological polar surface area (TPSA) is 33.4 Å². The maximum absolute atomic E-state index is 9.52. The van der Waals surface area contributed by atoms with Gasteiger partial charge in [-0.2, -0.15) is 0 Å². The van der Waals surface area contributed by atoms with Crippen molar-refractivity contribution in [3.8, 4) is 0 Å². The lowest BCUT2D eigenvalue weighted by Gasteiger charge is -2.02. The molecule has 16 heavy (non-hydrogen) atoms. The van der Waals surface area contributed by atoms with E-state index in [0.29, 0.717) is 0 Å². The molecule has 0 spiro atoms. The molecule has 0 saturated carbocycles. The van der Waals surface area contributed by atoms with Gasteiger partial charge in [0.15, 0.2) is 0 Å². The lowest BCUT2D eigenvalue weighted by Crippen LogP contribution is -1.88. The van der Waals surface area contributed by atoms with Crippen LogP contribution in [0.15, 0.2) is 46.9 Å². The van der Waals surface area contributed by atoms with Crippen molar-refractivity contribution in [2.45, 2.75) is 13.0 Å². The summed E-state index contributed by atoms with van der Waals surface area (Å²) < 4.78 is 5.73. The highest BCUT2D eigenvalue weighted by Crippen LogP contribution is 2.30. The van der Waals surface area contributed by atoms with E-state index in [2.05, 4.69) is 0 Å². The largest absolute Gasteiger partial charge is 0.456 e. The smallest absolute Gasteiger partial charge is 0.135 e. The number of rotatable bonds is 1. The molecule has 0 aliphatic heterocycles.